The van der Waals surface area contributed by atoms with Crippen LogP contribution in [0.2, 0.25) is 19.6 Å². The van der Waals surface area contributed by atoms with Gasteiger partial charge in [0.15, 0.2) is 0 Å². The molecule has 104 valence electrons. The molecule has 0 nitrogen and oxygen atoms in total. The average molecular weight is 549 g/mol. The van der Waals surface area contributed by atoms with E-state index < -0.39 is 20.2 Å². The van der Waals surface area contributed by atoms with Crippen LogP contribution in [0.15, 0.2) is 0 Å². The van der Waals surface area contributed by atoms with Crippen molar-refractivity contribution in [3.8, 4) is 0 Å². The molecule has 0 aliphatic heterocycles. The summed E-state index contributed by atoms with van der Waals surface area (Å²) in [6.45, 7) is 2.42. The fraction of sp³-hybridized carbons (Fsp3) is 1.00. The van der Waals surface area contributed by atoms with Crippen LogP contribution in [-0.4, -0.2) is 46.6 Å². The first-order valence-corrected chi connectivity index (χ1v) is 19.8. The van der Waals surface area contributed by atoms with Gasteiger partial charge in [0.1, 0.15) is 0 Å². The van der Waals surface area contributed by atoms with Crippen molar-refractivity contribution in [2.75, 3.05) is 0 Å². The summed E-state index contributed by atoms with van der Waals surface area (Å²) in [5.41, 5.74) is 0. The monoisotopic (exact) mass is 546 g/mol. The predicted octanol–water partition coefficient (Wildman–Crippen LogP) is 6.05. The summed E-state index contributed by atoms with van der Waals surface area (Å²) < 4.78 is 0. The van der Waals surface area contributed by atoms with Crippen molar-refractivity contribution in [2.45, 2.75) is 19.6 Å². The van der Waals surface area contributed by atoms with Crippen molar-refractivity contribution in [1.82, 2.24) is 0 Å². The molecule has 0 atom stereocenters. The average Bonchev–Trinajstić information content (AvgIpc) is 1.76. The Morgan fingerprint density at radius 3 is 0.471 bits per heavy atom. The predicted molar refractivity (Wildman–Crippen MR) is 99.0 cm³/mol. The van der Waals surface area contributed by atoms with Gasteiger partial charge in [0.05, 0.1) is 0 Å². The largest absolute Gasteiger partial charge is 0.376 e. The van der Waals surface area contributed by atoms with E-state index in [4.69, 9.17) is 99.7 Å². The summed E-state index contributed by atoms with van der Waals surface area (Å²) in [6, 6.07) is 0. The molecule has 0 fully saturated rings. The minimum atomic E-state index is -1.46. The first-order chi connectivity index (χ1) is 6.93. The first kappa shape index (κ1) is 32.8. The van der Waals surface area contributed by atoms with Crippen molar-refractivity contribution < 1.29 is 0 Å². The molecule has 0 aliphatic carbocycles. The molecule has 17 heavy (non-hydrogen) atoms. The Morgan fingerprint density at radius 2 is 0.471 bits per heavy atom. The van der Waals surface area contributed by atoms with Gasteiger partial charge in [-0.3, -0.25) is 0 Å². The van der Waals surface area contributed by atoms with Crippen molar-refractivity contribution in [3.63, 3.8) is 0 Å². The molecular weight excluding hydrogens is 540 g/mol. The van der Waals surface area contributed by atoms with Crippen LogP contribution >= 0.6 is 99.7 Å². The summed E-state index contributed by atoms with van der Waals surface area (Å²) in [5, 5.41) is 0. The third-order valence-electron chi connectivity index (χ3n) is 0. The zero-order valence-corrected chi connectivity index (χ0v) is 21.8. The van der Waals surface area contributed by atoms with Gasteiger partial charge in [-0.1, -0.05) is 19.6 Å². The number of halogens is 9. The van der Waals surface area contributed by atoms with Crippen LogP contribution in [0.4, 0.5) is 0 Å². The summed E-state index contributed by atoms with van der Waals surface area (Å²) in [4.78, 5) is 0. The van der Waals surface area contributed by atoms with Crippen LogP contribution < -0.4 is 0 Å². The second-order valence-corrected chi connectivity index (χ2v) is 21.9. The van der Waals surface area contributed by atoms with E-state index in [0.29, 0.717) is 0 Å². The molecule has 0 aromatic heterocycles. The molecule has 0 bridgehead atoms. The molecule has 14 heteroatoms. The van der Waals surface area contributed by atoms with Gasteiger partial charge in [-0.05, 0) is 0 Å². The molecule has 0 aromatic carbocycles. The van der Waals surface area contributed by atoms with Crippen LogP contribution in [0.5, 0.6) is 0 Å². The quantitative estimate of drug-likeness (QED) is 0.255. The van der Waals surface area contributed by atoms with E-state index in [1.807, 2.05) is 0 Å². The molecule has 0 spiro atoms. The van der Waals surface area contributed by atoms with E-state index in [9.17, 15) is 0 Å². The molecule has 0 heterocycles. The first-order valence-electron chi connectivity index (χ1n) is 3.20. The zero-order chi connectivity index (χ0) is 14.3. The van der Waals surface area contributed by atoms with Gasteiger partial charge < -0.3 is 0 Å². The summed E-state index contributed by atoms with van der Waals surface area (Å²) in [5.74, 6) is 0. The Bertz CT molecular complexity index is 71.2. The Labute approximate surface area is 164 Å². The van der Waals surface area contributed by atoms with Gasteiger partial charge in [-0.25, -0.2) is 0 Å². The van der Waals surface area contributed by atoms with Crippen LogP contribution in [-0.2, 0) is 0 Å². The fourth-order valence-corrected chi connectivity index (χ4v) is 0. The smallest absolute Gasteiger partial charge is 0.125 e. The van der Waals surface area contributed by atoms with Crippen LogP contribution in [0.25, 0.3) is 0 Å². The van der Waals surface area contributed by atoms with E-state index in [1.165, 1.54) is 0 Å². The molecule has 0 aliphatic rings. The van der Waals surface area contributed by atoms with Gasteiger partial charge in [0, 0.05) is 26.4 Å². The minimum Gasteiger partial charge on any atom is -0.125 e. The standard InChI is InChI=1S/C3H9Si.3Cl3Si.Ge/c4*1-4(2)3;/h1-3H3;;;;. The van der Waals surface area contributed by atoms with Crippen molar-refractivity contribution in [2.24, 2.45) is 0 Å². The van der Waals surface area contributed by atoms with E-state index in [1.54, 1.807) is 0 Å². The molecule has 0 saturated carbocycles. The SMILES string of the molecule is C[Si](C)C.Cl[Si](Cl)Cl.Cl[Si](Cl)Cl.Cl[Si](Cl)Cl.[Ge]. The van der Waals surface area contributed by atoms with Gasteiger partial charge in [0.25, 0.3) is 0 Å². The molecule has 8 radical (unpaired) electrons. The van der Waals surface area contributed by atoms with Gasteiger partial charge in [-0.2, -0.15) is 0 Å². The summed E-state index contributed by atoms with van der Waals surface area (Å²) >= 11 is 44.2. The summed E-state index contributed by atoms with van der Waals surface area (Å²) in [7, 11) is 0.120. The van der Waals surface area contributed by atoms with Crippen molar-refractivity contribution in [3.05, 3.63) is 0 Å². The van der Waals surface area contributed by atoms with Crippen molar-refractivity contribution >= 4 is 146 Å². The third kappa shape index (κ3) is 402. The third-order valence-corrected chi connectivity index (χ3v) is 0. The van der Waals surface area contributed by atoms with Crippen LogP contribution in [0, 0.1) is 0 Å². The van der Waals surface area contributed by atoms with E-state index in [-0.39, 0.29) is 26.4 Å². The topological polar surface area (TPSA) is 0 Å². The molecule has 0 amide bonds. The van der Waals surface area contributed by atoms with Crippen molar-refractivity contribution in [1.29, 1.82) is 0 Å². The number of rotatable bonds is 0. The number of hydrogen-bond donors (Lipinski definition) is 0. The second-order valence-electron chi connectivity index (χ2n) is 2.14. The zero-order valence-electron chi connectivity index (χ0n) is 8.90. The normalized spacial score (nSPS) is 8.47. The van der Waals surface area contributed by atoms with E-state index in [2.05, 4.69) is 19.6 Å². The molecule has 0 rings (SSSR count). The van der Waals surface area contributed by atoms with Crippen LogP contribution in [0.1, 0.15) is 0 Å². The van der Waals surface area contributed by atoms with E-state index in [0.717, 1.165) is 0 Å². The maximum absolute atomic E-state index is 4.91. The Balaban J connectivity index is -0.0000000369. The Morgan fingerprint density at radius 1 is 0.471 bits per heavy atom. The minimum absolute atomic E-state index is 0. The van der Waals surface area contributed by atoms with Crippen LogP contribution in [0.3, 0.4) is 0 Å². The van der Waals surface area contributed by atoms with Gasteiger partial charge in [-0.15, -0.1) is 99.7 Å². The molecule has 0 saturated heterocycles. The Kier molecular flexibility index (Phi) is 54.5. The summed E-state index contributed by atoms with van der Waals surface area (Å²) in [6.07, 6.45) is 0. The molecule has 0 N–H and O–H groups in total. The van der Waals surface area contributed by atoms with Gasteiger partial charge >= 0.3 is 20.2 Å². The fourth-order valence-electron chi connectivity index (χ4n) is 0. The Hall–Kier alpha value is 4.02. The molecular formula is C3H9Cl9GeSi4. The van der Waals surface area contributed by atoms with Gasteiger partial charge in [0.2, 0.25) is 0 Å². The number of hydrogen-bond acceptors (Lipinski definition) is 0. The molecule has 0 aromatic rings. The maximum atomic E-state index is 4.91. The van der Waals surface area contributed by atoms with E-state index >= 15 is 0 Å². The second kappa shape index (κ2) is 28.2. The maximum Gasteiger partial charge on any atom is 0.376 e. The molecule has 0 unspecified atom stereocenters.